The maximum atomic E-state index is 9.05. The number of hydrogen-bond donors (Lipinski definition) is 3. The summed E-state index contributed by atoms with van der Waals surface area (Å²) < 4.78 is 0.869. The van der Waals surface area contributed by atoms with E-state index in [9.17, 15) is 0 Å². The number of nitrogens with two attached hydrogens (primary N) is 1. The van der Waals surface area contributed by atoms with Gasteiger partial charge in [0.05, 0.1) is 9.72 Å². The second-order valence-electron chi connectivity index (χ2n) is 2.90. The van der Waals surface area contributed by atoms with Gasteiger partial charge in [0.25, 0.3) is 0 Å². The van der Waals surface area contributed by atoms with Crippen molar-refractivity contribution in [1.29, 1.82) is 0 Å². The van der Waals surface area contributed by atoms with Crippen LogP contribution >= 0.6 is 22.9 Å². The van der Waals surface area contributed by atoms with Crippen LogP contribution in [0.4, 0.5) is 5.69 Å². The summed E-state index contributed by atoms with van der Waals surface area (Å²) in [6.07, 6.45) is 0. The van der Waals surface area contributed by atoms with E-state index in [1.54, 1.807) is 0 Å². The third-order valence-corrected chi connectivity index (χ3v) is 3.40. The molecular formula is C8H7BClNO2S. The lowest BCUT2D eigenvalue weighted by atomic mass is 9.78. The summed E-state index contributed by atoms with van der Waals surface area (Å²) in [6.45, 7) is 0. The van der Waals surface area contributed by atoms with Gasteiger partial charge in [0.2, 0.25) is 0 Å². The predicted molar refractivity (Wildman–Crippen MR) is 61.1 cm³/mol. The highest BCUT2D eigenvalue weighted by molar-refractivity contribution is 7.18. The Hall–Kier alpha value is -0.745. The average Bonchev–Trinajstić information content (AvgIpc) is 2.59. The quantitative estimate of drug-likeness (QED) is 0.499. The molecule has 0 atom stereocenters. The zero-order valence-corrected chi connectivity index (χ0v) is 8.64. The fourth-order valence-electron chi connectivity index (χ4n) is 1.36. The molecule has 0 fully saturated rings. The molecule has 1 aromatic carbocycles. The Morgan fingerprint density at radius 2 is 2.14 bits per heavy atom. The topological polar surface area (TPSA) is 66.5 Å². The molecule has 0 bridgehead atoms. The summed E-state index contributed by atoms with van der Waals surface area (Å²) in [6, 6.07) is 3.30. The molecule has 0 amide bonds. The molecule has 1 aromatic heterocycles. The van der Waals surface area contributed by atoms with E-state index in [0.717, 1.165) is 10.1 Å². The lowest BCUT2D eigenvalue weighted by molar-refractivity contribution is 0.426. The molecule has 3 nitrogen and oxygen atoms in total. The van der Waals surface area contributed by atoms with E-state index in [2.05, 4.69) is 0 Å². The van der Waals surface area contributed by atoms with Gasteiger partial charge in [-0.05, 0) is 17.5 Å². The minimum Gasteiger partial charge on any atom is -0.423 e. The van der Waals surface area contributed by atoms with Crippen LogP contribution in [0.15, 0.2) is 17.5 Å². The molecule has 0 radical (unpaired) electrons. The second-order valence-corrected chi connectivity index (χ2v) is 4.22. The van der Waals surface area contributed by atoms with Crippen molar-refractivity contribution in [3.63, 3.8) is 0 Å². The van der Waals surface area contributed by atoms with E-state index < -0.39 is 7.12 Å². The summed E-state index contributed by atoms with van der Waals surface area (Å²) in [7, 11) is -1.59. The Labute approximate surface area is 89.9 Å². The molecule has 0 saturated carbocycles. The van der Waals surface area contributed by atoms with E-state index in [0.29, 0.717) is 10.7 Å². The molecule has 1 heterocycles. The largest absolute Gasteiger partial charge is 0.490 e. The highest BCUT2D eigenvalue weighted by Crippen LogP contribution is 2.31. The first-order valence-corrected chi connectivity index (χ1v) is 5.18. The average molecular weight is 227 g/mol. The van der Waals surface area contributed by atoms with Gasteiger partial charge in [0.15, 0.2) is 0 Å². The van der Waals surface area contributed by atoms with E-state index >= 15 is 0 Å². The number of benzene rings is 1. The van der Waals surface area contributed by atoms with Crippen molar-refractivity contribution >= 4 is 51.3 Å². The van der Waals surface area contributed by atoms with Crippen molar-refractivity contribution in [1.82, 2.24) is 0 Å². The molecule has 72 valence electrons. The minimum absolute atomic E-state index is 0.251. The van der Waals surface area contributed by atoms with Gasteiger partial charge in [-0.25, -0.2) is 0 Å². The molecule has 0 aliphatic rings. The highest BCUT2D eigenvalue weighted by atomic mass is 35.5. The summed E-state index contributed by atoms with van der Waals surface area (Å²) in [5.41, 5.74) is 6.39. The van der Waals surface area contributed by atoms with Gasteiger partial charge in [0, 0.05) is 16.5 Å². The van der Waals surface area contributed by atoms with Gasteiger partial charge >= 0.3 is 7.12 Å². The number of fused-ring (bicyclic) bond motifs is 1. The zero-order chi connectivity index (χ0) is 10.3. The molecule has 0 aliphatic heterocycles. The SMILES string of the molecule is Nc1c(B(O)O)cc(Cl)c2sccc12. The lowest BCUT2D eigenvalue weighted by Gasteiger charge is -2.06. The van der Waals surface area contributed by atoms with Crippen molar-refractivity contribution in [2.75, 3.05) is 5.73 Å². The van der Waals surface area contributed by atoms with Crippen LogP contribution in [0.5, 0.6) is 0 Å². The Morgan fingerprint density at radius 1 is 1.43 bits per heavy atom. The van der Waals surface area contributed by atoms with Crippen molar-refractivity contribution < 1.29 is 10.0 Å². The van der Waals surface area contributed by atoms with Crippen molar-refractivity contribution in [3.05, 3.63) is 22.5 Å². The molecular weight excluding hydrogens is 220 g/mol. The van der Waals surface area contributed by atoms with Crippen LogP contribution in [0.2, 0.25) is 5.02 Å². The number of hydrogen-bond acceptors (Lipinski definition) is 4. The first kappa shape index (κ1) is 9.80. The van der Waals surface area contributed by atoms with Gasteiger partial charge in [-0.1, -0.05) is 11.6 Å². The van der Waals surface area contributed by atoms with Crippen molar-refractivity contribution in [3.8, 4) is 0 Å². The first-order chi connectivity index (χ1) is 6.61. The van der Waals surface area contributed by atoms with Crippen LogP contribution in [0.1, 0.15) is 0 Å². The van der Waals surface area contributed by atoms with Crippen LogP contribution in [-0.4, -0.2) is 17.2 Å². The number of halogens is 1. The zero-order valence-electron chi connectivity index (χ0n) is 7.07. The molecule has 2 aromatic rings. The smallest absolute Gasteiger partial charge is 0.423 e. The van der Waals surface area contributed by atoms with Crippen molar-refractivity contribution in [2.45, 2.75) is 0 Å². The van der Waals surface area contributed by atoms with Gasteiger partial charge in [-0.15, -0.1) is 11.3 Å². The highest BCUT2D eigenvalue weighted by Gasteiger charge is 2.18. The number of anilines is 1. The van der Waals surface area contributed by atoms with Crippen LogP contribution in [-0.2, 0) is 0 Å². The molecule has 4 N–H and O–H groups in total. The van der Waals surface area contributed by atoms with Crippen LogP contribution in [0.3, 0.4) is 0 Å². The van der Waals surface area contributed by atoms with Gasteiger partial charge in [0.1, 0.15) is 0 Å². The fourth-order valence-corrected chi connectivity index (χ4v) is 2.52. The third-order valence-electron chi connectivity index (χ3n) is 2.04. The number of nitrogen functional groups attached to an aromatic ring is 1. The van der Waals surface area contributed by atoms with Crippen molar-refractivity contribution in [2.24, 2.45) is 0 Å². The lowest BCUT2D eigenvalue weighted by Crippen LogP contribution is -2.32. The molecule has 2 rings (SSSR count). The first-order valence-electron chi connectivity index (χ1n) is 3.92. The van der Waals surface area contributed by atoms with E-state index in [1.807, 2.05) is 11.4 Å². The molecule has 0 spiro atoms. The standard InChI is InChI=1S/C8H7BClNO2S/c10-6-3-5(9(12)13)7(11)4-1-2-14-8(4)6/h1-3,12-13H,11H2. The number of thiophene rings is 1. The predicted octanol–water partition coefficient (Wildman–Crippen LogP) is 0.817. The molecule has 6 heteroatoms. The summed E-state index contributed by atoms with van der Waals surface area (Å²) >= 11 is 7.43. The van der Waals surface area contributed by atoms with Gasteiger partial charge in [-0.3, -0.25) is 0 Å². The molecule has 0 aliphatic carbocycles. The van der Waals surface area contributed by atoms with E-state index in [1.165, 1.54) is 17.4 Å². The summed E-state index contributed by atoms with van der Waals surface area (Å²) in [5, 5.41) is 21.2. The van der Waals surface area contributed by atoms with Gasteiger partial charge in [-0.2, -0.15) is 0 Å². The normalized spacial score (nSPS) is 10.8. The Balaban J connectivity index is 2.82. The Kier molecular flexibility index (Phi) is 2.40. The monoisotopic (exact) mass is 227 g/mol. The summed E-state index contributed by atoms with van der Waals surface area (Å²) in [4.78, 5) is 0. The molecule has 14 heavy (non-hydrogen) atoms. The second kappa shape index (κ2) is 3.44. The Bertz CT molecular complexity index is 485. The Morgan fingerprint density at radius 3 is 2.79 bits per heavy atom. The number of rotatable bonds is 1. The maximum absolute atomic E-state index is 9.05. The summed E-state index contributed by atoms with van der Waals surface area (Å²) in [5.74, 6) is 0. The maximum Gasteiger partial charge on any atom is 0.490 e. The van der Waals surface area contributed by atoms with Crippen LogP contribution < -0.4 is 11.2 Å². The van der Waals surface area contributed by atoms with Gasteiger partial charge < -0.3 is 15.8 Å². The van der Waals surface area contributed by atoms with Crippen LogP contribution in [0.25, 0.3) is 10.1 Å². The fraction of sp³-hybridized carbons (Fsp3) is 0. The molecule has 0 saturated heterocycles. The minimum atomic E-state index is -1.59. The van der Waals surface area contributed by atoms with E-state index in [4.69, 9.17) is 27.4 Å². The third kappa shape index (κ3) is 1.38. The van der Waals surface area contributed by atoms with E-state index in [-0.39, 0.29) is 5.46 Å². The van der Waals surface area contributed by atoms with Crippen LogP contribution in [0, 0.1) is 0 Å². The molecule has 0 unspecified atom stereocenters.